The van der Waals surface area contributed by atoms with Gasteiger partial charge in [0.25, 0.3) is 0 Å². The highest BCUT2D eigenvalue weighted by Crippen LogP contribution is 2.19. The van der Waals surface area contributed by atoms with Crippen LogP contribution in [-0.2, 0) is 9.53 Å². The van der Waals surface area contributed by atoms with Crippen molar-refractivity contribution in [2.24, 2.45) is 11.7 Å². The first-order valence-electron chi connectivity index (χ1n) is 6.27. The van der Waals surface area contributed by atoms with Gasteiger partial charge in [-0.05, 0) is 52.2 Å². The summed E-state index contributed by atoms with van der Waals surface area (Å²) in [6, 6.07) is 0.290. The molecular weight excluding hydrogens is 204 g/mol. The predicted octanol–water partition coefficient (Wildman–Crippen LogP) is 0.999. The van der Waals surface area contributed by atoms with Crippen LogP contribution in [0.5, 0.6) is 0 Å². The number of rotatable bonds is 5. The van der Waals surface area contributed by atoms with Gasteiger partial charge >= 0.3 is 5.97 Å². The summed E-state index contributed by atoms with van der Waals surface area (Å²) in [4.78, 5) is 13.7. The molecule has 1 heterocycles. The third kappa shape index (κ3) is 4.10. The van der Waals surface area contributed by atoms with E-state index >= 15 is 0 Å². The maximum absolute atomic E-state index is 11.3. The summed E-state index contributed by atoms with van der Waals surface area (Å²) < 4.78 is 4.96. The van der Waals surface area contributed by atoms with Crippen molar-refractivity contribution >= 4 is 5.97 Å². The van der Waals surface area contributed by atoms with E-state index in [-0.39, 0.29) is 12.0 Å². The molecule has 94 valence electrons. The number of hydrogen-bond donors (Lipinski definition) is 1. The number of esters is 1. The Kier molecular flexibility index (Phi) is 5.77. The van der Waals surface area contributed by atoms with Gasteiger partial charge in [0.05, 0.1) is 13.0 Å². The van der Waals surface area contributed by atoms with Gasteiger partial charge in [-0.2, -0.15) is 0 Å². The monoisotopic (exact) mass is 228 g/mol. The third-order valence-electron chi connectivity index (χ3n) is 3.37. The lowest BCUT2D eigenvalue weighted by Gasteiger charge is -2.35. The van der Waals surface area contributed by atoms with Crippen molar-refractivity contribution in [3.05, 3.63) is 0 Å². The van der Waals surface area contributed by atoms with Crippen molar-refractivity contribution in [1.82, 2.24) is 4.90 Å². The van der Waals surface area contributed by atoms with Crippen molar-refractivity contribution in [3.8, 4) is 0 Å². The molecule has 1 saturated heterocycles. The molecule has 1 aliphatic rings. The standard InChI is InChI=1S/C12H24N2O2/c1-3-16-12(15)8-10(2)14-6-4-11(9-13)5-7-14/h10-11H,3-9,13H2,1-2H3. The Hall–Kier alpha value is -0.610. The lowest BCUT2D eigenvalue weighted by molar-refractivity contribution is -0.144. The number of carbonyl (C=O) groups excluding carboxylic acids is 1. The van der Waals surface area contributed by atoms with Crippen LogP contribution in [0, 0.1) is 5.92 Å². The van der Waals surface area contributed by atoms with E-state index in [1.807, 2.05) is 6.92 Å². The summed E-state index contributed by atoms with van der Waals surface area (Å²) in [6.45, 7) is 7.32. The number of likely N-dealkylation sites (tertiary alicyclic amines) is 1. The molecule has 0 aromatic rings. The zero-order valence-electron chi connectivity index (χ0n) is 10.4. The molecule has 4 nitrogen and oxygen atoms in total. The smallest absolute Gasteiger partial charge is 0.307 e. The highest BCUT2D eigenvalue weighted by molar-refractivity contribution is 5.70. The summed E-state index contributed by atoms with van der Waals surface area (Å²) >= 11 is 0. The molecule has 0 amide bonds. The molecule has 1 rings (SSSR count). The van der Waals surface area contributed by atoms with Crippen molar-refractivity contribution in [1.29, 1.82) is 0 Å². The first-order valence-corrected chi connectivity index (χ1v) is 6.27. The molecule has 1 fully saturated rings. The fraction of sp³-hybridized carbons (Fsp3) is 0.917. The van der Waals surface area contributed by atoms with Gasteiger partial charge in [0, 0.05) is 6.04 Å². The van der Waals surface area contributed by atoms with Gasteiger partial charge in [0.1, 0.15) is 0 Å². The van der Waals surface area contributed by atoms with Crippen LogP contribution in [-0.4, -0.2) is 43.2 Å². The summed E-state index contributed by atoms with van der Waals surface area (Å²) in [5, 5.41) is 0. The molecule has 0 bridgehead atoms. The molecule has 4 heteroatoms. The van der Waals surface area contributed by atoms with E-state index in [1.165, 1.54) is 0 Å². The van der Waals surface area contributed by atoms with E-state index in [9.17, 15) is 4.79 Å². The second-order valence-electron chi connectivity index (χ2n) is 4.57. The topological polar surface area (TPSA) is 55.6 Å². The number of ether oxygens (including phenoxy) is 1. The van der Waals surface area contributed by atoms with Crippen LogP contribution in [0.2, 0.25) is 0 Å². The molecule has 0 aromatic carbocycles. The molecule has 1 atom stereocenters. The van der Waals surface area contributed by atoms with E-state index in [2.05, 4.69) is 11.8 Å². The van der Waals surface area contributed by atoms with E-state index in [0.29, 0.717) is 18.9 Å². The van der Waals surface area contributed by atoms with Gasteiger partial charge < -0.3 is 15.4 Å². The number of nitrogens with zero attached hydrogens (tertiary/aromatic N) is 1. The lowest BCUT2D eigenvalue weighted by Crippen LogP contribution is -2.42. The van der Waals surface area contributed by atoms with Crippen LogP contribution in [0.1, 0.15) is 33.1 Å². The number of carbonyl (C=O) groups is 1. The minimum atomic E-state index is -0.0871. The fourth-order valence-electron chi connectivity index (χ4n) is 2.22. The van der Waals surface area contributed by atoms with Crippen LogP contribution < -0.4 is 5.73 Å². The number of hydrogen-bond acceptors (Lipinski definition) is 4. The van der Waals surface area contributed by atoms with Gasteiger partial charge in [-0.25, -0.2) is 0 Å². The van der Waals surface area contributed by atoms with Crippen LogP contribution in [0.4, 0.5) is 0 Å². The average Bonchev–Trinajstić information content (AvgIpc) is 2.29. The maximum Gasteiger partial charge on any atom is 0.307 e. The predicted molar refractivity (Wildman–Crippen MR) is 64.1 cm³/mol. The van der Waals surface area contributed by atoms with E-state index < -0.39 is 0 Å². The van der Waals surface area contributed by atoms with Gasteiger partial charge in [-0.1, -0.05) is 0 Å². The van der Waals surface area contributed by atoms with E-state index in [1.54, 1.807) is 0 Å². The van der Waals surface area contributed by atoms with Crippen LogP contribution in [0.3, 0.4) is 0 Å². The van der Waals surface area contributed by atoms with Crippen molar-refractivity contribution in [3.63, 3.8) is 0 Å². The second-order valence-corrected chi connectivity index (χ2v) is 4.57. The van der Waals surface area contributed by atoms with Crippen LogP contribution in [0.25, 0.3) is 0 Å². The molecule has 0 radical (unpaired) electrons. The lowest BCUT2D eigenvalue weighted by atomic mass is 9.96. The normalized spacial score (nSPS) is 20.7. The summed E-state index contributed by atoms with van der Waals surface area (Å²) in [5.41, 5.74) is 5.65. The Morgan fingerprint density at radius 1 is 1.50 bits per heavy atom. The van der Waals surface area contributed by atoms with E-state index in [4.69, 9.17) is 10.5 Å². The zero-order chi connectivity index (χ0) is 12.0. The largest absolute Gasteiger partial charge is 0.466 e. The first-order chi connectivity index (χ1) is 7.67. The first kappa shape index (κ1) is 13.5. The molecule has 0 aliphatic carbocycles. The molecule has 2 N–H and O–H groups in total. The minimum absolute atomic E-state index is 0.0871. The number of nitrogens with two attached hydrogens (primary N) is 1. The Morgan fingerprint density at radius 2 is 2.12 bits per heavy atom. The molecule has 1 aliphatic heterocycles. The zero-order valence-corrected chi connectivity index (χ0v) is 10.4. The maximum atomic E-state index is 11.3. The molecule has 1 unspecified atom stereocenters. The molecular formula is C12H24N2O2. The highest BCUT2D eigenvalue weighted by Gasteiger charge is 2.23. The summed E-state index contributed by atoms with van der Waals surface area (Å²) in [6.07, 6.45) is 2.81. The van der Waals surface area contributed by atoms with Gasteiger partial charge in [-0.3, -0.25) is 4.79 Å². The van der Waals surface area contributed by atoms with E-state index in [0.717, 1.165) is 32.5 Å². The Morgan fingerprint density at radius 3 is 2.62 bits per heavy atom. The Bertz CT molecular complexity index is 213. The minimum Gasteiger partial charge on any atom is -0.466 e. The second kappa shape index (κ2) is 6.86. The van der Waals surface area contributed by atoms with Gasteiger partial charge in [-0.15, -0.1) is 0 Å². The van der Waals surface area contributed by atoms with Gasteiger partial charge in [0.2, 0.25) is 0 Å². The molecule has 0 saturated carbocycles. The molecule has 16 heavy (non-hydrogen) atoms. The van der Waals surface area contributed by atoms with Crippen LogP contribution >= 0.6 is 0 Å². The average molecular weight is 228 g/mol. The third-order valence-corrected chi connectivity index (χ3v) is 3.37. The Labute approximate surface area is 98.1 Å². The van der Waals surface area contributed by atoms with Crippen molar-refractivity contribution < 1.29 is 9.53 Å². The molecule has 0 aromatic heterocycles. The Balaban J connectivity index is 2.27. The number of piperidine rings is 1. The van der Waals surface area contributed by atoms with Crippen LogP contribution in [0.15, 0.2) is 0 Å². The summed E-state index contributed by atoms with van der Waals surface area (Å²) in [7, 11) is 0. The summed E-state index contributed by atoms with van der Waals surface area (Å²) in [5.74, 6) is 0.585. The van der Waals surface area contributed by atoms with Crippen molar-refractivity contribution in [2.75, 3.05) is 26.2 Å². The van der Waals surface area contributed by atoms with Crippen molar-refractivity contribution in [2.45, 2.75) is 39.2 Å². The van der Waals surface area contributed by atoms with Gasteiger partial charge in [0.15, 0.2) is 0 Å². The SMILES string of the molecule is CCOC(=O)CC(C)N1CCC(CN)CC1. The fourth-order valence-corrected chi connectivity index (χ4v) is 2.22. The highest BCUT2D eigenvalue weighted by atomic mass is 16.5. The molecule has 0 spiro atoms. The quantitative estimate of drug-likeness (QED) is 0.713.